The van der Waals surface area contributed by atoms with Gasteiger partial charge in [0.25, 0.3) is 0 Å². The highest BCUT2D eigenvalue weighted by atomic mass is 35.5. The van der Waals surface area contributed by atoms with Gasteiger partial charge in [-0.05, 0) is 28.6 Å². The van der Waals surface area contributed by atoms with E-state index < -0.39 is 12.7 Å². The molecule has 0 bridgehead atoms. The van der Waals surface area contributed by atoms with Gasteiger partial charge in [-0.3, -0.25) is 0 Å². The largest absolute Gasteiger partial charge is 0.408 e. The van der Waals surface area contributed by atoms with E-state index in [4.69, 9.17) is 16.9 Å². The van der Waals surface area contributed by atoms with Crippen LogP contribution >= 0.6 is 11.6 Å². The second-order valence-electron chi connectivity index (χ2n) is 4.03. The van der Waals surface area contributed by atoms with Gasteiger partial charge in [-0.1, -0.05) is 11.6 Å². The van der Waals surface area contributed by atoms with E-state index in [2.05, 4.69) is 20.8 Å². The molecule has 2 aromatic rings. The van der Waals surface area contributed by atoms with E-state index in [-0.39, 0.29) is 17.9 Å². The zero-order valence-corrected chi connectivity index (χ0v) is 11.2. The topological polar surface area (TPSA) is 79.4 Å². The van der Waals surface area contributed by atoms with Crippen LogP contribution in [0.2, 0.25) is 5.02 Å². The molecule has 0 radical (unpaired) electrons. The Balaban J connectivity index is 2.07. The van der Waals surface area contributed by atoms with Crippen molar-refractivity contribution < 1.29 is 13.2 Å². The molecule has 0 saturated heterocycles. The highest BCUT2D eigenvalue weighted by Crippen LogP contribution is 2.20. The lowest BCUT2D eigenvalue weighted by molar-refractivity contribution is -0.143. The lowest BCUT2D eigenvalue weighted by atomic mass is 10.2. The summed E-state index contributed by atoms with van der Waals surface area (Å²) < 4.78 is 37.6. The molecule has 0 aliphatic rings. The smallest absolute Gasteiger partial charge is 0.378 e. The van der Waals surface area contributed by atoms with Crippen molar-refractivity contribution in [3.63, 3.8) is 0 Å². The molecular weight excluding hydrogens is 309 g/mol. The molecule has 1 N–H and O–H groups in total. The first-order valence-corrected chi connectivity index (χ1v) is 6.02. The van der Waals surface area contributed by atoms with E-state index in [0.29, 0.717) is 15.4 Å². The Hall–Kier alpha value is -2.34. The standard InChI is InChI=1S/C11H8ClF3N6/c12-9-2-1-8(3-7(9)4-16)17-5-10-18-19-20-21(10)6-11(13,14)15/h1-3,17H,5-6H2. The quantitative estimate of drug-likeness (QED) is 0.936. The van der Waals surface area contributed by atoms with E-state index in [9.17, 15) is 13.2 Å². The molecule has 0 unspecified atom stereocenters. The van der Waals surface area contributed by atoms with E-state index in [0.717, 1.165) is 0 Å². The molecule has 21 heavy (non-hydrogen) atoms. The van der Waals surface area contributed by atoms with Gasteiger partial charge in [-0.15, -0.1) is 5.10 Å². The first kappa shape index (κ1) is 15.1. The average molecular weight is 317 g/mol. The van der Waals surface area contributed by atoms with Crippen molar-refractivity contribution in [3.8, 4) is 6.07 Å². The maximum absolute atomic E-state index is 12.3. The van der Waals surface area contributed by atoms with Crippen LogP contribution in [0.3, 0.4) is 0 Å². The summed E-state index contributed by atoms with van der Waals surface area (Å²) in [6, 6.07) is 6.50. The number of aromatic nitrogens is 4. The summed E-state index contributed by atoms with van der Waals surface area (Å²) in [5.41, 5.74) is 0.786. The minimum Gasteiger partial charge on any atom is -0.378 e. The number of hydrogen-bond acceptors (Lipinski definition) is 5. The van der Waals surface area contributed by atoms with Crippen LogP contribution < -0.4 is 5.32 Å². The fourth-order valence-corrected chi connectivity index (χ4v) is 1.70. The third-order valence-electron chi connectivity index (χ3n) is 2.47. The number of halogens is 4. The second-order valence-corrected chi connectivity index (χ2v) is 4.44. The van der Waals surface area contributed by atoms with E-state index in [1.54, 1.807) is 6.07 Å². The van der Waals surface area contributed by atoms with Gasteiger partial charge in [-0.2, -0.15) is 18.4 Å². The Morgan fingerprint density at radius 3 is 2.81 bits per heavy atom. The first-order chi connectivity index (χ1) is 9.89. The molecule has 0 fully saturated rings. The van der Waals surface area contributed by atoms with Crippen LogP contribution in [0, 0.1) is 11.3 Å². The van der Waals surface area contributed by atoms with Crippen LogP contribution in [0.1, 0.15) is 11.4 Å². The number of nitrogens with zero attached hydrogens (tertiary/aromatic N) is 5. The molecule has 2 rings (SSSR count). The molecule has 0 aliphatic carbocycles. The molecule has 0 spiro atoms. The molecule has 1 aromatic heterocycles. The molecule has 1 aromatic carbocycles. The van der Waals surface area contributed by atoms with Gasteiger partial charge in [-0.25, -0.2) is 4.68 Å². The zero-order chi connectivity index (χ0) is 15.5. The summed E-state index contributed by atoms with van der Waals surface area (Å²) in [5.74, 6) is 0.0285. The fraction of sp³-hybridized carbons (Fsp3) is 0.273. The molecule has 1 heterocycles. The second kappa shape index (κ2) is 5.97. The Kier molecular flexibility index (Phi) is 4.28. The Morgan fingerprint density at radius 2 is 2.14 bits per heavy atom. The highest BCUT2D eigenvalue weighted by Gasteiger charge is 2.30. The number of benzene rings is 1. The number of nitrogens with one attached hydrogen (secondary N) is 1. The van der Waals surface area contributed by atoms with E-state index >= 15 is 0 Å². The minimum atomic E-state index is -4.40. The van der Waals surface area contributed by atoms with Gasteiger partial charge in [0, 0.05) is 5.69 Å². The van der Waals surface area contributed by atoms with Gasteiger partial charge in [0.15, 0.2) is 5.82 Å². The van der Waals surface area contributed by atoms with Gasteiger partial charge < -0.3 is 5.32 Å². The predicted molar refractivity (Wildman–Crippen MR) is 67.4 cm³/mol. The normalized spacial score (nSPS) is 11.2. The molecule has 6 nitrogen and oxygen atoms in total. The van der Waals surface area contributed by atoms with Crippen LogP contribution in [0.5, 0.6) is 0 Å². The van der Waals surface area contributed by atoms with E-state index in [1.807, 2.05) is 6.07 Å². The summed E-state index contributed by atoms with van der Waals surface area (Å²) in [4.78, 5) is 0. The van der Waals surface area contributed by atoms with Gasteiger partial charge in [0.2, 0.25) is 0 Å². The van der Waals surface area contributed by atoms with E-state index in [1.165, 1.54) is 12.1 Å². The summed E-state index contributed by atoms with van der Waals surface area (Å²) in [6.07, 6.45) is -4.40. The number of tetrazole rings is 1. The number of rotatable bonds is 4. The summed E-state index contributed by atoms with van der Waals surface area (Å²) in [6.45, 7) is -1.28. The van der Waals surface area contributed by atoms with Gasteiger partial charge >= 0.3 is 6.18 Å². The molecule has 10 heteroatoms. The zero-order valence-electron chi connectivity index (χ0n) is 10.4. The maximum atomic E-state index is 12.3. The average Bonchev–Trinajstić information content (AvgIpc) is 2.83. The monoisotopic (exact) mass is 316 g/mol. The maximum Gasteiger partial charge on any atom is 0.408 e. The number of anilines is 1. The molecule has 110 valence electrons. The summed E-state index contributed by atoms with van der Waals surface area (Å²) in [5, 5.41) is 22.0. The third-order valence-corrected chi connectivity index (χ3v) is 2.80. The van der Waals surface area contributed by atoms with Crippen molar-refractivity contribution in [2.75, 3.05) is 5.32 Å². The Morgan fingerprint density at radius 1 is 1.38 bits per heavy atom. The molecule has 0 amide bonds. The van der Waals surface area contributed by atoms with Crippen LogP contribution in [0.15, 0.2) is 18.2 Å². The molecule has 0 aliphatic heterocycles. The Bertz CT molecular complexity index is 675. The van der Waals surface area contributed by atoms with Crippen molar-refractivity contribution in [1.82, 2.24) is 20.2 Å². The fourth-order valence-electron chi connectivity index (χ4n) is 1.54. The summed E-state index contributed by atoms with van der Waals surface area (Å²) >= 11 is 5.78. The van der Waals surface area contributed by atoms with Crippen molar-refractivity contribution in [2.24, 2.45) is 0 Å². The molecule has 0 saturated carbocycles. The molecule has 0 atom stereocenters. The van der Waals surface area contributed by atoms with Gasteiger partial charge in [0.05, 0.1) is 17.1 Å². The SMILES string of the molecule is N#Cc1cc(NCc2nnnn2CC(F)(F)F)ccc1Cl. The van der Waals surface area contributed by atoms with Crippen LogP contribution in [-0.4, -0.2) is 26.4 Å². The lowest BCUT2D eigenvalue weighted by Crippen LogP contribution is -2.21. The summed E-state index contributed by atoms with van der Waals surface area (Å²) in [7, 11) is 0. The predicted octanol–water partition coefficient (Wildman–Crippen LogP) is 2.37. The van der Waals surface area contributed by atoms with Crippen LogP contribution in [0.25, 0.3) is 0 Å². The highest BCUT2D eigenvalue weighted by molar-refractivity contribution is 6.31. The molecular formula is C11H8ClF3N6. The first-order valence-electron chi connectivity index (χ1n) is 5.64. The van der Waals surface area contributed by atoms with Crippen molar-refractivity contribution in [3.05, 3.63) is 34.6 Å². The number of hydrogen-bond donors (Lipinski definition) is 1. The van der Waals surface area contributed by atoms with Crippen LogP contribution in [0.4, 0.5) is 18.9 Å². The third kappa shape index (κ3) is 4.06. The number of alkyl halides is 3. The lowest BCUT2D eigenvalue weighted by Gasteiger charge is -2.09. The van der Waals surface area contributed by atoms with Crippen LogP contribution in [-0.2, 0) is 13.1 Å². The minimum absolute atomic E-state index is 0.0183. The van der Waals surface area contributed by atoms with Gasteiger partial charge in [0.1, 0.15) is 12.6 Å². The number of nitriles is 1. The Labute approximate surface area is 122 Å². The van der Waals surface area contributed by atoms with Crippen molar-refractivity contribution >= 4 is 17.3 Å². The van der Waals surface area contributed by atoms with Crippen molar-refractivity contribution in [2.45, 2.75) is 19.3 Å². The van der Waals surface area contributed by atoms with Crippen molar-refractivity contribution in [1.29, 1.82) is 5.26 Å².